The highest BCUT2D eigenvalue weighted by molar-refractivity contribution is 8.78. The van der Waals surface area contributed by atoms with E-state index in [4.69, 9.17) is 44.0 Å². The summed E-state index contributed by atoms with van der Waals surface area (Å²) in [5, 5.41) is -0.138. The molecule has 0 radical (unpaired) electrons. The summed E-state index contributed by atoms with van der Waals surface area (Å²) in [4.78, 5) is 27.7. The summed E-state index contributed by atoms with van der Waals surface area (Å²) in [6, 6.07) is 0. The van der Waals surface area contributed by atoms with E-state index in [0.29, 0.717) is 4.91 Å². The maximum Gasteiger partial charge on any atom is 0.356 e. The molecule has 1 saturated heterocycles. The minimum absolute atomic E-state index is 0.0465. The molecule has 160 valence electrons. The minimum atomic E-state index is -2.02. The van der Waals surface area contributed by atoms with Crippen molar-refractivity contribution in [1.82, 2.24) is 4.90 Å². The van der Waals surface area contributed by atoms with Crippen molar-refractivity contribution in [1.29, 1.82) is 0 Å². The molecule has 0 aromatic heterocycles. The minimum Gasteiger partial charge on any atom is -0.456 e. The maximum atomic E-state index is 13.0. The number of β-lactam (4-membered cyclic amide) rings is 1. The smallest absolute Gasteiger partial charge is 0.356 e. The third-order valence-corrected chi connectivity index (χ3v) is 13.1. The second-order valence-corrected chi connectivity index (χ2v) is 18.3. The molecule has 0 aliphatic carbocycles. The van der Waals surface area contributed by atoms with Gasteiger partial charge in [0.25, 0.3) is 0 Å². The first-order chi connectivity index (χ1) is 12.6. The molecule has 0 spiro atoms. The SMILES string of the molecule is CC1=C(C(=O)OCC(Cl)(Cl)Cl)N2C(=O)[C@H]([C@@H](C)O[Si](C)(C)C(C)(C)C)[C@H]2SS1. The fraction of sp³-hybridized carbons (Fsp3) is 0.765. The van der Waals surface area contributed by atoms with Gasteiger partial charge in [0, 0.05) is 4.91 Å². The van der Waals surface area contributed by atoms with Gasteiger partial charge in [-0.05, 0) is 32.0 Å². The number of carbonyl (C=O) groups excluding carboxylic acids is 2. The predicted octanol–water partition coefficient (Wildman–Crippen LogP) is 5.72. The largest absolute Gasteiger partial charge is 0.456 e. The molecule has 0 aromatic carbocycles. The summed E-state index contributed by atoms with van der Waals surface area (Å²) in [6.07, 6.45) is -0.236. The van der Waals surface area contributed by atoms with Gasteiger partial charge in [0.15, 0.2) is 8.32 Å². The van der Waals surface area contributed by atoms with Crippen LogP contribution in [-0.4, -0.2) is 47.0 Å². The van der Waals surface area contributed by atoms with Crippen molar-refractivity contribution in [2.75, 3.05) is 6.61 Å². The normalized spacial score (nSPS) is 24.6. The number of hydrogen-bond donors (Lipinski definition) is 0. The molecule has 1 amide bonds. The molecule has 2 heterocycles. The van der Waals surface area contributed by atoms with Gasteiger partial charge < -0.3 is 9.16 Å². The standard InChI is InChI=1S/C17H26Cl3NO4S2Si/c1-9(25-28(6,7)16(3,4)5)11-13(22)21-12(10(2)26-27-14(11)21)15(23)24-8-17(18,19)20/h9,11,14H,8H2,1-7H3/t9-,11+,14-/m1/s1. The second kappa shape index (κ2) is 8.52. The molecule has 0 N–H and O–H groups in total. The number of fused-ring (bicyclic) bond motifs is 1. The van der Waals surface area contributed by atoms with Crippen molar-refractivity contribution in [3.63, 3.8) is 0 Å². The number of amides is 1. The average molecular weight is 507 g/mol. The van der Waals surface area contributed by atoms with Crippen LogP contribution < -0.4 is 0 Å². The van der Waals surface area contributed by atoms with E-state index in [-0.39, 0.29) is 40.6 Å². The second-order valence-electron chi connectivity index (χ2n) is 8.48. The molecule has 0 unspecified atom stereocenters. The third kappa shape index (κ3) is 5.18. The number of ether oxygens (including phenoxy) is 1. The van der Waals surface area contributed by atoms with Crippen LogP contribution in [0, 0.1) is 5.92 Å². The lowest BCUT2D eigenvalue weighted by atomic mass is 9.92. The zero-order valence-corrected chi connectivity index (χ0v) is 21.9. The Labute approximate surface area is 190 Å². The van der Waals surface area contributed by atoms with Gasteiger partial charge in [0.2, 0.25) is 9.70 Å². The quantitative estimate of drug-likeness (QED) is 0.156. The van der Waals surface area contributed by atoms with Crippen molar-refractivity contribution in [2.45, 2.75) is 68.0 Å². The number of allylic oxidation sites excluding steroid dienone is 1. The van der Waals surface area contributed by atoms with E-state index in [1.165, 1.54) is 15.7 Å². The number of nitrogens with zero attached hydrogens (tertiary/aromatic N) is 1. The molecular formula is C17H26Cl3NO4S2Si. The summed E-state index contributed by atoms with van der Waals surface area (Å²) >= 11 is 17.0. The first-order valence-electron chi connectivity index (χ1n) is 8.86. The average Bonchev–Trinajstić information content (AvgIpc) is 2.50. The molecule has 0 aromatic rings. The molecule has 2 rings (SSSR count). The Balaban J connectivity index is 2.14. The molecule has 2 aliphatic rings. The Morgan fingerprint density at radius 2 is 1.86 bits per heavy atom. The highest BCUT2D eigenvalue weighted by Crippen LogP contribution is 2.54. The number of rotatable bonds is 5. The van der Waals surface area contributed by atoms with Gasteiger partial charge in [-0.2, -0.15) is 0 Å². The molecule has 11 heteroatoms. The van der Waals surface area contributed by atoms with Crippen LogP contribution in [0.2, 0.25) is 18.1 Å². The molecule has 28 heavy (non-hydrogen) atoms. The fourth-order valence-electron chi connectivity index (χ4n) is 2.76. The van der Waals surface area contributed by atoms with Crippen LogP contribution in [-0.2, 0) is 18.8 Å². The summed E-state index contributed by atoms with van der Waals surface area (Å²) in [6.45, 7) is 14.2. The topological polar surface area (TPSA) is 55.8 Å². The number of hydrogen-bond acceptors (Lipinski definition) is 6. The Bertz CT molecular complexity index is 691. The summed E-state index contributed by atoms with van der Waals surface area (Å²) < 4.78 is 9.83. The lowest BCUT2D eigenvalue weighted by Gasteiger charge is -2.52. The number of esters is 1. The Morgan fingerprint density at radius 3 is 2.36 bits per heavy atom. The van der Waals surface area contributed by atoms with Crippen LogP contribution in [0.25, 0.3) is 0 Å². The highest BCUT2D eigenvalue weighted by Gasteiger charge is 2.57. The maximum absolute atomic E-state index is 13.0. The van der Waals surface area contributed by atoms with Crippen LogP contribution in [0.5, 0.6) is 0 Å². The van der Waals surface area contributed by atoms with E-state index in [1.54, 1.807) is 17.7 Å². The van der Waals surface area contributed by atoms with E-state index in [1.807, 2.05) is 6.92 Å². The van der Waals surface area contributed by atoms with Crippen molar-refractivity contribution < 1.29 is 18.8 Å². The zero-order chi connectivity index (χ0) is 21.7. The van der Waals surface area contributed by atoms with Crippen LogP contribution >= 0.6 is 56.4 Å². The van der Waals surface area contributed by atoms with Crippen molar-refractivity contribution in [3.8, 4) is 0 Å². The van der Waals surface area contributed by atoms with E-state index in [0.717, 1.165) is 0 Å². The first-order valence-corrected chi connectivity index (χ1v) is 15.1. The lowest BCUT2D eigenvalue weighted by Crippen LogP contribution is -2.65. The van der Waals surface area contributed by atoms with Gasteiger partial charge in [-0.15, -0.1) is 0 Å². The molecule has 0 bridgehead atoms. The van der Waals surface area contributed by atoms with Crippen LogP contribution in [0.3, 0.4) is 0 Å². The predicted molar refractivity (Wildman–Crippen MR) is 121 cm³/mol. The Kier molecular flexibility index (Phi) is 7.51. The highest BCUT2D eigenvalue weighted by atomic mass is 35.6. The Morgan fingerprint density at radius 1 is 1.29 bits per heavy atom. The van der Waals surface area contributed by atoms with Crippen LogP contribution in [0.4, 0.5) is 0 Å². The van der Waals surface area contributed by atoms with E-state index in [9.17, 15) is 9.59 Å². The number of halogens is 3. The summed E-state index contributed by atoms with van der Waals surface area (Å²) in [7, 11) is 0.989. The fourth-order valence-corrected chi connectivity index (χ4v) is 7.20. The van der Waals surface area contributed by atoms with Gasteiger partial charge in [-0.1, -0.05) is 77.2 Å². The molecular weight excluding hydrogens is 481 g/mol. The van der Waals surface area contributed by atoms with Crippen molar-refractivity contribution in [2.24, 2.45) is 5.92 Å². The summed E-state index contributed by atoms with van der Waals surface area (Å²) in [5.41, 5.74) is 0.226. The van der Waals surface area contributed by atoms with Gasteiger partial charge in [-0.25, -0.2) is 4.79 Å². The van der Waals surface area contributed by atoms with E-state index >= 15 is 0 Å². The number of alkyl halides is 3. The molecule has 5 nitrogen and oxygen atoms in total. The van der Waals surface area contributed by atoms with Gasteiger partial charge in [0.1, 0.15) is 17.7 Å². The number of carbonyl (C=O) groups is 2. The van der Waals surface area contributed by atoms with Gasteiger partial charge in [0.05, 0.1) is 12.0 Å². The monoisotopic (exact) mass is 505 g/mol. The van der Waals surface area contributed by atoms with Gasteiger partial charge >= 0.3 is 5.97 Å². The molecule has 3 atom stereocenters. The van der Waals surface area contributed by atoms with Crippen LogP contribution in [0.1, 0.15) is 34.6 Å². The van der Waals surface area contributed by atoms with E-state index < -0.39 is 18.1 Å². The summed E-state index contributed by atoms with van der Waals surface area (Å²) in [5.74, 6) is -1.11. The Hall–Kier alpha value is 0.427. The van der Waals surface area contributed by atoms with Crippen molar-refractivity contribution >= 4 is 76.6 Å². The molecule has 2 aliphatic heterocycles. The molecule has 1 fully saturated rings. The first kappa shape index (κ1) is 24.7. The van der Waals surface area contributed by atoms with Crippen molar-refractivity contribution in [3.05, 3.63) is 10.6 Å². The van der Waals surface area contributed by atoms with Gasteiger partial charge in [-0.3, -0.25) is 9.69 Å². The zero-order valence-electron chi connectivity index (χ0n) is 17.0. The van der Waals surface area contributed by atoms with E-state index in [2.05, 4.69) is 33.9 Å². The third-order valence-electron chi connectivity index (χ3n) is 5.28. The molecule has 0 saturated carbocycles. The lowest BCUT2D eigenvalue weighted by molar-refractivity contribution is -0.158. The van der Waals surface area contributed by atoms with Crippen LogP contribution in [0.15, 0.2) is 10.6 Å².